The summed E-state index contributed by atoms with van der Waals surface area (Å²) in [4.78, 5) is 5.72. The quantitative estimate of drug-likeness (QED) is 0.823. The van der Waals surface area contributed by atoms with Crippen molar-refractivity contribution in [1.82, 2.24) is 0 Å². The fourth-order valence-corrected chi connectivity index (χ4v) is 2.53. The molecule has 90 valence electrons. The molecule has 0 bridgehead atoms. The van der Waals surface area contributed by atoms with E-state index in [0.717, 1.165) is 5.71 Å². The van der Waals surface area contributed by atoms with Gasteiger partial charge in [0.1, 0.15) is 5.50 Å². The third-order valence-corrected chi connectivity index (χ3v) is 3.56. The van der Waals surface area contributed by atoms with E-state index in [1.165, 1.54) is 10.5 Å². The molecular weight excluding hydrogens is 228 g/mol. The molecule has 1 heterocycles. The molecule has 0 amide bonds. The number of thioether (sulfide) groups is 1. The van der Waals surface area contributed by atoms with Gasteiger partial charge in [-0.3, -0.25) is 4.99 Å². The summed E-state index contributed by atoms with van der Waals surface area (Å²) >= 11 is 1.61. The van der Waals surface area contributed by atoms with Gasteiger partial charge in [0, 0.05) is 16.0 Å². The van der Waals surface area contributed by atoms with Crippen LogP contribution in [0.25, 0.3) is 4.91 Å². The van der Waals surface area contributed by atoms with E-state index in [-0.39, 0.29) is 10.9 Å². The first-order chi connectivity index (χ1) is 7.97. The summed E-state index contributed by atoms with van der Waals surface area (Å²) in [6.45, 7) is 6.48. The average molecular weight is 246 g/mol. The van der Waals surface area contributed by atoms with E-state index >= 15 is 0 Å². The lowest BCUT2D eigenvalue weighted by Gasteiger charge is -2.25. The van der Waals surface area contributed by atoms with Gasteiger partial charge < -0.3 is 5.73 Å². The van der Waals surface area contributed by atoms with E-state index in [2.05, 4.69) is 44.0 Å². The Labute approximate surface area is 107 Å². The highest BCUT2D eigenvalue weighted by molar-refractivity contribution is 8.08. The zero-order valence-electron chi connectivity index (χ0n) is 10.5. The highest BCUT2D eigenvalue weighted by Crippen LogP contribution is 2.35. The molecule has 0 spiro atoms. The Balaban J connectivity index is 2.37. The van der Waals surface area contributed by atoms with Crippen LogP contribution in [0.5, 0.6) is 0 Å². The summed E-state index contributed by atoms with van der Waals surface area (Å²) < 4.78 is 0. The van der Waals surface area contributed by atoms with Crippen molar-refractivity contribution in [2.24, 2.45) is 16.1 Å². The minimum Gasteiger partial charge on any atom is -0.301 e. The smallest absolute Gasteiger partial charge is 0.149 e. The predicted octanol–water partition coefficient (Wildman–Crippen LogP) is 3.50. The first-order valence-electron chi connectivity index (χ1n) is 5.74. The number of hydrogen-bond donors (Lipinski definition) is 1. The number of nitrogens with two attached hydrogens (primary N) is 1. The predicted molar refractivity (Wildman–Crippen MR) is 76.9 cm³/mol. The zero-order chi connectivity index (χ0) is 12.5. The van der Waals surface area contributed by atoms with Crippen LogP contribution in [0.1, 0.15) is 26.3 Å². The van der Waals surface area contributed by atoms with Gasteiger partial charge in [-0.1, -0.05) is 62.9 Å². The Morgan fingerprint density at radius 1 is 1.18 bits per heavy atom. The Kier molecular flexibility index (Phi) is 3.40. The van der Waals surface area contributed by atoms with Gasteiger partial charge in [0.15, 0.2) is 0 Å². The minimum absolute atomic E-state index is 0.0403. The number of rotatable bonds is 1. The fraction of sp³-hybridized carbons (Fsp3) is 0.357. The standard InChI is InChI=1S/C14H18N2S/c1-14(2,3)12-9-11(17-13(15)16-12)10-7-5-4-6-8-10/h4-9,13H,15H2,1-3H3. The summed E-state index contributed by atoms with van der Waals surface area (Å²) in [6, 6.07) is 10.3. The van der Waals surface area contributed by atoms with Gasteiger partial charge in [-0.2, -0.15) is 0 Å². The maximum absolute atomic E-state index is 5.98. The van der Waals surface area contributed by atoms with Gasteiger partial charge in [-0.15, -0.1) is 0 Å². The molecule has 0 saturated carbocycles. The number of aliphatic imine (C=N–C) groups is 1. The van der Waals surface area contributed by atoms with Crippen LogP contribution in [0.4, 0.5) is 0 Å². The van der Waals surface area contributed by atoms with Gasteiger partial charge in [0.25, 0.3) is 0 Å². The number of benzene rings is 1. The summed E-state index contributed by atoms with van der Waals surface area (Å²) in [7, 11) is 0. The van der Waals surface area contributed by atoms with Crippen LogP contribution in [0, 0.1) is 5.41 Å². The summed E-state index contributed by atoms with van der Waals surface area (Å²) in [5, 5.41) is 0. The molecule has 0 saturated heterocycles. The highest BCUT2D eigenvalue weighted by Gasteiger charge is 2.23. The molecule has 2 N–H and O–H groups in total. The van der Waals surface area contributed by atoms with Crippen molar-refractivity contribution in [3.63, 3.8) is 0 Å². The zero-order valence-corrected chi connectivity index (χ0v) is 11.3. The normalized spacial score (nSPS) is 20.8. The SMILES string of the molecule is CC(C)(C)C1=NC(N)SC(c2ccccc2)=C1. The second-order valence-corrected chi connectivity index (χ2v) is 6.31. The topological polar surface area (TPSA) is 38.4 Å². The van der Waals surface area contributed by atoms with E-state index < -0.39 is 0 Å². The minimum atomic E-state index is -0.190. The van der Waals surface area contributed by atoms with E-state index in [1.54, 1.807) is 11.8 Å². The molecule has 0 aliphatic carbocycles. The molecule has 0 aromatic heterocycles. The lowest BCUT2D eigenvalue weighted by atomic mass is 9.89. The van der Waals surface area contributed by atoms with Crippen LogP contribution in [-0.2, 0) is 0 Å². The maximum atomic E-state index is 5.98. The van der Waals surface area contributed by atoms with Crippen LogP contribution in [0.2, 0.25) is 0 Å². The van der Waals surface area contributed by atoms with Crippen LogP contribution in [0.3, 0.4) is 0 Å². The molecule has 1 atom stereocenters. The lowest BCUT2D eigenvalue weighted by Crippen LogP contribution is -2.26. The average Bonchev–Trinajstić information content (AvgIpc) is 2.28. The molecule has 17 heavy (non-hydrogen) atoms. The Morgan fingerprint density at radius 2 is 1.82 bits per heavy atom. The van der Waals surface area contributed by atoms with Gasteiger partial charge in [0.05, 0.1) is 0 Å². The summed E-state index contributed by atoms with van der Waals surface area (Å²) in [6.07, 6.45) is 2.16. The third kappa shape index (κ3) is 2.99. The van der Waals surface area contributed by atoms with Gasteiger partial charge in [0.2, 0.25) is 0 Å². The molecule has 1 aliphatic rings. The number of allylic oxidation sites excluding steroid dienone is 1. The van der Waals surface area contributed by atoms with Crippen LogP contribution in [0.15, 0.2) is 41.4 Å². The Bertz CT molecular complexity index is 455. The Morgan fingerprint density at radius 3 is 2.41 bits per heavy atom. The van der Waals surface area contributed by atoms with E-state index in [9.17, 15) is 0 Å². The Hall–Kier alpha value is -1.06. The van der Waals surface area contributed by atoms with Gasteiger partial charge in [-0.25, -0.2) is 0 Å². The second kappa shape index (κ2) is 4.67. The summed E-state index contributed by atoms with van der Waals surface area (Å²) in [5.74, 6) is 0. The van der Waals surface area contributed by atoms with Crippen molar-refractivity contribution in [3.8, 4) is 0 Å². The van der Waals surface area contributed by atoms with E-state index in [4.69, 9.17) is 5.73 Å². The van der Waals surface area contributed by atoms with Crippen molar-refractivity contribution in [2.45, 2.75) is 26.3 Å². The second-order valence-electron chi connectivity index (χ2n) is 5.15. The molecule has 1 aromatic carbocycles. The molecule has 2 rings (SSSR count). The molecule has 1 aromatic rings. The first kappa shape index (κ1) is 12.4. The third-order valence-electron chi connectivity index (χ3n) is 2.61. The van der Waals surface area contributed by atoms with E-state index in [0.29, 0.717) is 0 Å². The first-order valence-corrected chi connectivity index (χ1v) is 6.62. The monoisotopic (exact) mass is 246 g/mol. The largest absolute Gasteiger partial charge is 0.301 e. The van der Waals surface area contributed by atoms with E-state index in [1.807, 2.05) is 18.2 Å². The molecule has 1 aliphatic heterocycles. The molecule has 1 unspecified atom stereocenters. The van der Waals surface area contributed by atoms with Crippen LogP contribution >= 0.6 is 11.8 Å². The van der Waals surface area contributed by atoms with Crippen molar-refractivity contribution < 1.29 is 0 Å². The van der Waals surface area contributed by atoms with Gasteiger partial charge >= 0.3 is 0 Å². The van der Waals surface area contributed by atoms with Crippen molar-refractivity contribution in [2.75, 3.05) is 0 Å². The molecule has 3 heteroatoms. The molecular formula is C14H18N2S. The lowest BCUT2D eigenvalue weighted by molar-refractivity contribution is 0.590. The molecule has 0 fully saturated rings. The molecule has 0 radical (unpaired) electrons. The molecule has 2 nitrogen and oxygen atoms in total. The number of hydrogen-bond acceptors (Lipinski definition) is 3. The van der Waals surface area contributed by atoms with Crippen molar-refractivity contribution in [3.05, 3.63) is 42.0 Å². The maximum Gasteiger partial charge on any atom is 0.149 e. The van der Waals surface area contributed by atoms with Crippen molar-refractivity contribution >= 4 is 22.4 Å². The summed E-state index contributed by atoms with van der Waals surface area (Å²) in [5.41, 5.74) is 8.12. The highest BCUT2D eigenvalue weighted by atomic mass is 32.2. The number of nitrogens with zero attached hydrogens (tertiary/aromatic N) is 1. The van der Waals surface area contributed by atoms with Gasteiger partial charge in [-0.05, 0) is 11.6 Å². The van der Waals surface area contributed by atoms with Crippen LogP contribution < -0.4 is 5.73 Å². The fourth-order valence-electron chi connectivity index (χ4n) is 1.65. The van der Waals surface area contributed by atoms with Crippen LogP contribution in [-0.4, -0.2) is 11.2 Å². The van der Waals surface area contributed by atoms with Crippen molar-refractivity contribution in [1.29, 1.82) is 0 Å².